The zero-order valence-electron chi connectivity index (χ0n) is 10.1. The summed E-state index contributed by atoms with van der Waals surface area (Å²) in [6, 6.07) is -1.70. The number of nitrogens with one attached hydrogen (secondary N) is 1. The molecule has 9 heteroatoms. The molecule has 2 atom stereocenters. The van der Waals surface area contributed by atoms with Gasteiger partial charge >= 0.3 is 12.0 Å². The highest BCUT2D eigenvalue weighted by atomic mass is 32.2. The molecule has 18 heavy (non-hydrogen) atoms. The van der Waals surface area contributed by atoms with Gasteiger partial charge in [0.2, 0.25) is 0 Å². The van der Waals surface area contributed by atoms with Crippen molar-refractivity contribution < 1.29 is 23.1 Å². The van der Waals surface area contributed by atoms with Crippen molar-refractivity contribution in [1.29, 1.82) is 0 Å². The summed E-state index contributed by atoms with van der Waals surface area (Å²) in [5.74, 6) is -0.208. The molecule has 0 radical (unpaired) electrons. The van der Waals surface area contributed by atoms with Crippen molar-refractivity contribution in [1.82, 2.24) is 10.2 Å². The van der Waals surface area contributed by atoms with E-state index >= 15 is 0 Å². The second kappa shape index (κ2) is 5.79. The highest BCUT2D eigenvalue weighted by Crippen LogP contribution is 2.20. The van der Waals surface area contributed by atoms with Crippen LogP contribution in [0.2, 0.25) is 0 Å². The molecule has 1 unspecified atom stereocenters. The lowest BCUT2D eigenvalue weighted by Gasteiger charge is -2.34. The van der Waals surface area contributed by atoms with Gasteiger partial charge in [-0.1, -0.05) is 0 Å². The van der Waals surface area contributed by atoms with Gasteiger partial charge in [-0.3, -0.25) is 4.79 Å². The van der Waals surface area contributed by atoms with Crippen molar-refractivity contribution in [3.8, 4) is 0 Å². The fourth-order valence-corrected chi connectivity index (χ4v) is 4.31. The van der Waals surface area contributed by atoms with E-state index in [-0.39, 0.29) is 0 Å². The Balaban J connectivity index is 2.78. The van der Waals surface area contributed by atoms with Crippen LogP contribution in [0.3, 0.4) is 0 Å². The van der Waals surface area contributed by atoms with Crippen LogP contribution in [-0.2, 0) is 14.6 Å². The van der Waals surface area contributed by atoms with Crippen molar-refractivity contribution in [3.63, 3.8) is 0 Å². The molecular weight excluding hydrogens is 280 g/mol. The minimum absolute atomic E-state index is 0.292. The first-order valence-electron chi connectivity index (χ1n) is 5.30. The lowest BCUT2D eigenvalue weighted by atomic mass is 10.3. The molecule has 0 saturated carbocycles. The van der Waals surface area contributed by atoms with E-state index in [2.05, 4.69) is 5.32 Å². The smallest absolute Gasteiger partial charge is 0.325 e. The van der Waals surface area contributed by atoms with Gasteiger partial charge in [0.1, 0.15) is 11.4 Å². The van der Waals surface area contributed by atoms with E-state index in [4.69, 9.17) is 5.11 Å². The van der Waals surface area contributed by atoms with Crippen molar-refractivity contribution in [2.24, 2.45) is 0 Å². The molecular formula is C9H16N2O5S2. The van der Waals surface area contributed by atoms with E-state index in [9.17, 15) is 18.0 Å². The number of thioether (sulfide) groups is 1. The second-order valence-electron chi connectivity index (χ2n) is 4.06. The molecule has 2 amide bonds. The fraction of sp³-hybridized carbons (Fsp3) is 0.778. The van der Waals surface area contributed by atoms with E-state index in [0.717, 1.165) is 6.26 Å². The average molecular weight is 296 g/mol. The Morgan fingerprint density at radius 2 is 2.11 bits per heavy atom. The number of aliphatic carboxylic acids is 1. The number of amides is 2. The Bertz CT molecular complexity index is 436. The molecule has 1 aliphatic heterocycles. The normalized spacial score (nSPS) is 22.3. The summed E-state index contributed by atoms with van der Waals surface area (Å²) in [6.45, 7) is 1.62. The van der Waals surface area contributed by atoms with Crippen LogP contribution < -0.4 is 5.32 Å². The first-order valence-corrected chi connectivity index (χ1v) is 8.41. The molecule has 0 bridgehead atoms. The van der Waals surface area contributed by atoms with Gasteiger partial charge in [0, 0.05) is 24.3 Å². The summed E-state index contributed by atoms with van der Waals surface area (Å²) in [7, 11) is -3.38. The number of carbonyl (C=O) groups is 2. The molecule has 0 aromatic carbocycles. The van der Waals surface area contributed by atoms with E-state index in [1.165, 1.54) is 23.6 Å². The Hall–Kier alpha value is -0.960. The molecule has 1 rings (SSSR count). The summed E-state index contributed by atoms with van der Waals surface area (Å²) in [5, 5.41) is 10.1. The molecule has 0 aromatic heterocycles. The van der Waals surface area contributed by atoms with Crippen LogP contribution in [-0.4, -0.2) is 66.1 Å². The van der Waals surface area contributed by atoms with Gasteiger partial charge in [-0.25, -0.2) is 13.2 Å². The fourth-order valence-electron chi connectivity index (χ4n) is 1.50. The highest BCUT2D eigenvalue weighted by Gasteiger charge is 2.35. The predicted octanol–water partition coefficient (Wildman–Crippen LogP) is -0.411. The third-order valence-electron chi connectivity index (χ3n) is 2.55. The molecule has 104 valence electrons. The third-order valence-corrected chi connectivity index (χ3v) is 5.19. The molecule has 2 N–H and O–H groups in total. The summed E-state index contributed by atoms with van der Waals surface area (Å²) in [5.41, 5.74) is 0. The maximum absolute atomic E-state index is 11.8. The second-order valence-corrected chi connectivity index (χ2v) is 7.41. The van der Waals surface area contributed by atoms with Crippen molar-refractivity contribution in [2.75, 3.05) is 24.3 Å². The van der Waals surface area contributed by atoms with Crippen LogP contribution in [0.1, 0.15) is 6.92 Å². The van der Waals surface area contributed by atoms with Gasteiger partial charge in [0.05, 0.1) is 0 Å². The lowest BCUT2D eigenvalue weighted by Crippen LogP contribution is -2.55. The first-order chi connectivity index (χ1) is 8.23. The minimum Gasteiger partial charge on any atom is -0.480 e. The number of urea groups is 1. The highest BCUT2D eigenvalue weighted by molar-refractivity contribution is 8.00. The molecule has 1 saturated heterocycles. The van der Waals surface area contributed by atoms with Crippen LogP contribution >= 0.6 is 11.8 Å². The lowest BCUT2D eigenvalue weighted by molar-refractivity contribution is -0.138. The third kappa shape index (κ3) is 3.77. The number of carboxylic acid groups (broad SMARTS) is 1. The van der Waals surface area contributed by atoms with E-state index in [1.54, 1.807) is 0 Å². The molecule has 1 aliphatic rings. The zero-order chi connectivity index (χ0) is 13.9. The minimum atomic E-state index is -3.38. The standard InChI is InChI=1S/C9H16N2O5S2/c1-6(8(12)13)10-9(14)11-3-4-17-5-7(11)18(2,15)16/h6-7H,3-5H2,1-2H3,(H,10,14)(H,12,13)/t6-,7?/m1/s1. The molecule has 0 spiro atoms. The number of sulfone groups is 1. The van der Waals surface area contributed by atoms with Crippen molar-refractivity contribution in [3.05, 3.63) is 0 Å². The summed E-state index contributed by atoms with van der Waals surface area (Å²) >= 11 is 1.46. The number of nitrogens with zero attached hydrogens (tertiary/aromatic N) is 1. The Morgan fingerprint density at radius 3 is 2.61 bits per heavy atom. The number of hydrogen-bond acceptors (Lipinski definition) is 5. The number of carboxylic acids is 1. The number of rotatable bonds is 3. The Morgan fingerprint density at radius 1 is 1.50 bits per heavy atom. The molecule has 0 aliphatic carbocycles. The zero-order valence-corrected chi connectivity index (χ0v) is 11.8. The maximum atomic E-state index is 11.8. The summed E-state index contributed by atoms with van der Waals surface area (Å²) in [4.78, 5) is 23.7. The Kier molecular flexibility index (Phi) is 4.85. The van der Waals surface area contributed by atoms with Gasteiger partial charge in [0.15, 0.2) is 9.84 Å². The number of hydrogen-bond donors (Lipinski definition) is 2. The molecule has 1 heterocycles. The van der Waals surface area contributed by atoms with E-state index < -0.39 is 33.3 Å². The predicted molar refractivity (Wildman–Crippen MR) is 68.3 cm³/mol. The summed E-state index contributed by atoms with van der Waals surface area (Å²) < 4.78 is 23.1. The number of carbonyl (C=O) groups excluding carboxylic acids is 1. The van der Waals surface area contributed by atoms with Gasteiger partial charge < -0.3 is 15.3 Å². The van der Waals surface area contributed by atoms with Gasteiger partial charge in [0.25, 0.3) is 0 Å². The quantitative estimate of drug-likeness (QED) is 0.733. The van der Waals surface area contributed by atoms with Crippen LogP contribution in [0.4, 0.5) is 4.79 Å². The van der Waals surface area contributed by atoms with Crippen LogP contribution in [0.15, 0.2) is 0 Å². The maximum Gasteiger partial charge on any atom is 0.325 e. The van der Waals surface area contributed by atoms with E-state index in [1.807, 2.05) is 0 Å². The molecule has 1 fully saturated rings. The SMILES string of the molecule is C[C@@H](NC(=O)N1CCSCC1S(C)(=O)=O)C(=O)O. The largest absolute Gasteiger partial charge is 0.480 e. The molecule has 7 nitrogen and oxygen atoms in total. The summed E-state index contributed by atoms with van der Waals surface area (Å²) in [6.07, 6.45) is 1.07. The monoisotopic (exact) mass is 296 g/mol. The topological polar surface area (TPSA) is 104 Å². The van der Waals surface area contributed by atoms with Crippen molar-refractivity contribution in [2.45, 2.75) is 18.3 Å². The van der Waals surface area contributed by atoms with Gasteiger partial charge in [-0.05, 0) is 6.92 Å². The van der Waals surface area contributed by atoms with Gasteiger partial charge in [-0.15, -0.1) is 0 Å². The molecule has 0 aromatic rings. The van der Waals surface area contributed by atoms with Crippen molar-refractivity contribution >= 4 is 33.6 Å². The average Bonchev–Trinajstić information content (AvgIpc) is 2.27. The Labute approximate surface area is 110 Å². The van der Waals surface area contributed by atoms with Crippen LogP contribution in [0.25, 0.3) is 0 Å². The van der Waals surface area contributed by atoms with Gasteiger partial charge in [-0.2, -0.15) is 11.8 Å². The van der Waals surface area contributed by atoms with Crippen LogP contribution in [0, 0.1) is 0 Å². The first kappa shape index (κ1) is 15.1. The van der Waals surface area contributed by atoms with Crippen LogP contribution in [0.5, 0.6) is 0 Å². The van der Waals surface area contributed by atoms with E-state index in [0.29, 0.717) is 18.1 Å².